The van der Waals surface area contributed by atoms with Crippen LogP contribution in [0.15, 0.2) is 24.3 Å². The molecule has 106 valence electrons. The molecule has 0 aromatic heterocycles. The SMILES string of the molecule is CCNC(=O)NCC(OCCO)c1ccc(C)cc1. The smallest absolute Gasteiger partial charge is 0.314 e. The van der Waals surface area contributed by atoms with E-state index in [1.165, 1.54) is 5.56 Å². The van der Waals surface area contributed by atoms with E-state index in [2.05, 4.69) is 10.6 Å². The summed E-state index contributed by atoms with van der Waals surface area (Å²) in [5.74, 6) is 0. The van der Waals surface area contributed by atoms with Gasteiger partial charge in [0, 0.05) is 13.1 Å². The highest BCUT2D eigenvalue weighted by molar-refractivity contribution is 5.73. The molecule has 2 amide bonds. The first-order chi connectivity index (χ1) is 9.17. The van der Waals surface area contributed by atoms with Crippen LogP contribution in [-0.4, -0.2) is 37.4 Å². The molecular formula is C14H22N2O3. The Balaban J connectivity index is 2.60. The number of carbonyl (C=O) groups excluding carboxylic acids is 1. The summed E-state index contributed by atoms with van der Waals surface area (Å²) in [5.41, 5.74) is 2.15. The standard InChI is InChI=1S/C14H22N2O3/c1-3-15-14(18)16-10-13(19-9-8-17)12-6-4-11(2)5-7-12/h4-7,13,17H,3,8-10H2,1-2H3,(H2,15,16,18). The van der Waals surface area contributed by atoms with Crippen LogP contribution in [-0.2, 0) is 4.74 Å². The van der Waals surface area contributed by atoms with Crippen LogP contribution in [0.2, 0.25) is 0 Å². The summed E-state index contributed by atoms with van der Waals surface area (Å²) in [4.78, 5) is 11.4. The zero-order valence-electron chi connectivity index (χ0n) is 11.5. The fourth-order valence-corrected chi connectivity index (χ4v) is 1.66. The molecule has 1 aromatic rings. The maximum Gasteiger partial charge on any atom is 0.314 e. The van der Waals surface area contributed by atoms with Gasteiger partial charge in [0.2, 0.25) is 0 Å². The Morgan fingerprint density at radius 3 is 2.58 bits per heavy atom. The predicted octanol–water partition coefficient (Wildman–Crippen LogP) is 1.36. The van der Waals surface area contributed by atoms with Crippen molar-refractivity contribution in [1.82, 2.24) is 10.6 Å². The maximum atomic E-state index is 11.4. The first-order valence-electron chi connectivity index (χ1n) is 6.48. The van der Waals surface area contributed by atoms with Crippen molar-refractivity contribution in [2.75, 3.05) is 26.3 Å². The van der Waals surface area contributed by atoms with Gasteiger partial charge in [-0.3, -0.25) is 0 Å². The number of urea groups is 1. The molecule has 3 N–H and O–H groups in total. The van der Waals surface area contributed by atoms with Crippen LogP contribution in [0.3, 0.4) is 0 Å². The minimum Gasteiger partial charge on any atom is -0.394 e. The largest absolute Gasteiger partial charge is 0.394 e. The second-order valence-corrected chi connectivity index (χ2v) is 4.23. The van der Waals surface area contributed by atoms with Gasteiger partial charge in [0.05, 0.1) is 19.3 Å². The molecule has 0 fully saturated rings. The van der Waals surface area contributed by atoms with E-state index in [-0.39, 0.29) is 25.3 Å². The van der Waals surface area contributed by atoms with E-state index in [4.69, 9.17) is 9.84 Å². The van der Waals surface area contributed by atoms with Crippen LogP contribution >= 0.6 is 0 Å². The molecule has 0 aliphatic carbocycles. The second-order valence-electron chi connectivity index (χ2n) is 4.23. The Bertz CT molecular complexity index is 379. The first kappa shape index (κ1) is 15.5. The van der Waals surface area contributed by atoms with Crippen molar-refractivity contribution in [2.24, 2.45) is 0 Å². The van der Waals surface area contributed by atoms with Crippen molar-refractivity contribution in [2.45, 2.75) is 20.0 Å². The van der Waals surface area contributed by atoms with E-state index in [0.29, 0.717) is 13.1 Å². The highest BCUT2D eigenvalue weighted by atomic mass is 16.5. The van der Waals surface area contributed by atoms with E-state index in [9.17, 15) is 4.79 Å². The number of rotatable bonds is 7. The van der Waals surface area contributed by atoms with E-state index in [0.717, 1.165) is 5.56 Å². The summed E-state index contributed by atoms with van der Waals surface area (Å²) < 4.78 is 5.55. The van der Waals surface area contributed by atoms with Crippen LogP contribution < -0.4 is 10.6 Å². The lowest BCUT2D eigenvalue weighted by Crippen LogP contribution is -2.38. The van der Waals surface area contributed by atoms with Gasteiger partial charge in [0.25, 0.3) is 0 Å². The van der Waals surface area contributed by atoms with E-state index < -0.39 is 0 Å². The van der Waals surface area contributed by atoms with Gasteiger partial charge < -0.3 is 20.5 Å². The average molecular weight is 266 g/mol. The van der Waals surface area contributed by atoms with Crippen LogP contribution in [0, 0.1) is 6.92 Å². The molecule has 5 heteroatoms. The lowest BCUT2D eigenvalue weighted by Gasteiger charge is -2.19. The zero-order valence-corrected chi connectivity index (χ0v) is 11.5. The fourth-order valence-electron chi connectivity index (χ4n) is 1.66. The molecule has 0 aliphatic heterocycles. The fraction of sp³-hybridized carbons (Fsp3) is 0.500. The minimum absolute atomic E-state index is 0.0382. The molecule has 1 rings (SSSR count). The van der Waals surface area contributed by atoms with Gasteiger partial charge in [-0.2, -0.15) is 0 Å². The summed E-state index contributed by atoms with van der Waals surface area (Å²) >= 11 is 0. The van der Waals surface area contributed by atoms with Crippen LogP contribution in [0.4, 0.5) is 4.79 Å². The number of aryl methyl sites for hydroxylation is 1. The lowest BCUT2D eigenvalue weighted by atomic mass is 10.1. The van der Waals surface area contributed by atoms with E-state index in [1.54, 1.807) is 0 Å². The molecule has 0 heterocycles. The molecule has 5 nitrogen and oxygen atoms in total. The molecule has 0 saturated heterocycles. The Labute approximate surface area is 114 Å². The second kappa shape index (κ2) is 8.50. The number of aliphatic hydroxyl groups excluding tert-OH is 1. The van der Waals surface area contributed by atoms with Crippen molar-refractivity contribution in [1.29, 1.82) is 0 Å². The molecule has 19 heavy (non-hydrogen) atoms. The van der Waals surface area contributed by atoms with Crippen LogP contribution in [0.1, 0.15) is 24.2 Å². The number of nitrogens with one attached hydrogen (secondary N) is 2. The van der Waals surface area contributed by atoms with Gasteiger partial charge in [0.15, 0.2) is 0 Å². The molecule has 0 radical (unpaired) electrons. The predicted molar refractivity (Wildman–Crippen MR) is 74.0 cm³/mol. The zero-order chi connectivity index (χ0) is 14.1. The molecule has 1 atom stereocenters. The summed E-state index contributed by atoms with van der Waals surface area (Å²) in [6.07, 6.45) is -0.254. The molecule has 0 saturated carbocycles. The highest BCUT2D eigenvalue weighted by Gasteiger charge is 2.13. The van der Waals surface area contributed by atoms with Crippen LogP contribution in [0.25, 0.3) is 0 Å². The van der Waals surface area contributed by atoms with Gasteiger partial charge in [-0.1, -0.05) is 29.8 Å². The average Bonchev–Trinajstić information content (AvgIpc) is 2.40. The number of benzene rings is 1. The van der Waals surface area contributed by atoms with Gasteiger partial charge in [-0.25, -0.2) is 4.79 Å². The Morgan fingerprint density at radius 1 is 1.32 bits per heavy atom. The van der Waals surface area contributed by atoms with Crippen molar-refractivity contribution in [3.63, 3.8) is 0 Å². The number of carbonyl (C=O) groups is 1. The van der Waals surface area contributed by atoms with Crippen LogP contribution in [0.5, 0.6) is 0 Å². The first-order valence-corrected chi connectivity index (χ1v) is 6.48. The summed E-state index contributed by atoms with van der Waals surface area (Å²) in [5, 5.41) is 14.3. The third-order valence-corrected chi connectivity index (χ3v) is 2.64. The highest BCUT2D eigenvalue weighted by Crippen LogP contribution is 2.17. The van der Waals surface area contributed by atoms with Gasteiger partial charge in [-0.15, -0.1) is 0 Å². The molecule has 0 bridgehead atoms. The number of aliphatic hydroxyl groups is 1. The summed E-state index contributed by atoms with van der Waals surface area (Å²) in [7, 11) is 0. The van der Waals surface area contributed by atoms with Gasteiger partial charge in [0.1, 0.15) is 0 Å². The maximum absolute atomic E-state index is 11.4. The van der Waals surface area contributed by atoms with Crippen molar-refractivity contribution >= 4 is 6.03 Å². The number of ether oxygens (including phenoxy) is 1. The summed E-state index contributed by atoms with van der Waals surface area (Å²) in [6, 6.07) is 7.72. The third-order valence-electron chi connectivity index (χ3n) is 2.64. The van der Waals surface area contributed by atoms with E-state index >= 15 is 0 Å². The number of amides is 2. The Morgan fingerprint density at radius 2 is 2.00 bits per heavy atom. The summed E-state index contributed by atoms with van der Waals surface area (Å²) in [6.45, 7) is 5.03. The van der Waals surface area contributed by atoms with E-state index in [1.807, 2.05) is 38.1 Å². The quantitative estimate of drug-likeness (QED) is 0.698. The van der Waals surface area contributed by atoms with Gasteiger partial charge in [-0.05, 0) is 19.4 Å². The topological polar surface area (TPSA) is 70.6 Å². The minimum atomic E-state index is -0.254. The van der Waals surface area contributed by atoms with Crippen molar-refractivity contribution in [3.05, 3.63) is 35.4 Å². The Hall–Kier alpha value is -1.59. The molecular weight excluding hydrogens is 244 g/mol. The monoisotopic (exact) mass is 266 g/mol. The van der Waals surface area contributed by atoms with Gasteiger partial charge >= 0.3 is 6.03 Å². The van der Waals surface area contributed by atoms with Crippen molar-refractivity contribution < 1.29 is 14.6 Å². The molecule has 1 aromatic carbocycles. The normalized spacial score (nSPS) is 11.9. The third kappa shape index (κ3) is 5.72. The Kier molecular flexibility index (Phi) is 6.92. The van der Waals surface area contributed by atoms with Crippen molar-refractivity contribution in [3.8, 4) is 0 Å². The lowest BCUT2D eigenvalue weighted by molar-refractivity contribution is 0.0294. The molecule has 0 aliphatic rings. The molecule has 1 unspecified atom stereocenters. The molecule has 0 spiro atoms. The number of hydrogen-bond donors (Lipinski definition) is 3. The number of hydrogen-bond acceptors (Lipinski definition) is 3.